The molecule has 0 bridgehead atoms. The number of amides is 2. The van der Waals surface area contributed by atoms with E-state index in [2.05, 4.69) is 4.98 Å². The number of ether oxygens (including phenoxy) is 1. The standard InChI is InChI=1S/C21H26N4O5S2/c1-2-30-17-5-7-18(8-6-17)32(28,29)24-12-10-23(11-13-24)20(27)14-16-15-31-21(22-16)25-9-3-4-19(25)26/h5-8,15H,2-4,9-14H2,1H3. The summed E-state index contributed by atoms with van der Waals surface area (Å²) >= 11 is 1.37. The second-order valence-corrected chi connectivity index (χ2v) is 10.4. The van der Waals surface area contributed by atoms with Crippen molar-refractivity contribution in [3.63, 3.8) is 0 Å². The molecule has 0 saturated carbocycles. The zero-order chi connectivity index (χ0) is 22.7. The Morgan fingerprint density at radius 2 is 1.84 bits per heavy atom. The van der Waals surface area contributed by atoms with Crippen molar-refractivity contribution in [1.82, 2.24) is 14.2 Å². The molecule has 3 heterocycles. The van der Waals surface area contributed by atoms with E-state index in [0.717, 1.165) is 6.42 Å². The van der Waals surface area contributed by atoms with Gasteiger partial charge in [-0.2, -0.15) is 4.31 Å². The number of anilines is 1. The maximum absolute atomic E-state index is 12.9. The molecule has 11 heteroatoms. The largest absolute Gasteiger partial charge is 0.494 e. The number of benzene rings is 1. The molecule has 2 amide bonds. The molecule has 2 fully saturated rings. The molecular formula is C21H26N4O5S2. The molecule has 0 atom stereocenters. The number of hydrogen-bond acceptors (Lipinski definition) is 7. The maximum Gasteiger partial charge on any atom is 0.243 e. The lowest BCUT2D eigenvalue weighted by molar-refractivity contribution is -0.131. The first-order valence-corrected chi connectivity index (χ1v) is 13.0. The van der Waals surface area contributed by atoms with Crippen LogP contribution in [0.2, 0.25) is 0 Å². The van der Waals surface area contributed by atoms with Gasteiger partial charge in [-0.25, -0.2) is 13.4 Å². The molecule has 2 saturated heterocycles. The summed E-state index contributed by atoms with van der Waals surface area (Å²) in [6.07, 6.45) is 1.51. The van der Waals surface area contributed by atoms with Gasteiger partial charge < -0.3 is 9.64 Å². The Balaban J connectivity index is 1.32. The van der Waals surface area contributed by atoms with Crippen LogP contribution in [-0.2, 0) is 26.0 Å². The summed E-state index contributed by atoms with van der Waals surface area (Å²) in [7, 11) is -3.62. The van der Waals surface area contributed by atoms with E-state index in [0.29, 0.717) is 49.2 Å². The van der Waals surface area contributed by atoms with Gasteiger partial charge in [0, 0.05) is 44.5 Å². The van der Waals surface area contributed by atoms with Crippen LogP contribution in [-0.4, -0.2) is 73.8 Å². The van der Waals surface area contributed by atoms with Gasteiger partial charge in [0.2, 0.25) is 21.8 Å². The van der Waals surface area contributed by atoms with Gasteiger partial charge in [-0.15, -0.1) is 11.3 Å². The number of carbonyl (C=O) groups excluding carboxylic acids is 2. The molecule has 2 aliphatic rings. The van der Waals surface area contributed by atoms with Gasteiger partial charge in [0.25, 0.3) is 0 Å². The fourth-order valence-corrected chi connectivity index (χ4v) is 6.11. The molecule has 1 aromatic carbocycles. The van der Waals surface area contributed by atoms with Crippen molar-refractivity contribution in [3.8, 4) is 5.75 Å². The van der Waals surface area contributed by atoms with E-state index in [1.54, 1.807) is 34.1 Å². The van der Waals surface area contributed by atoms with E-state index < -0.39 is 10.0 Å². The first-order valence-electron chi connectivity index (χ1n) is 10.6. The van der Waals surface area contributed by atoms with Crippen molar-refractivity contribution in [2.24, 2.45) is 0 Å². The molecule has 0 radical (unpaired) electrons. The Kier molecular flexibility index (Phi) is 6.77. The van der Waals surface area contributed by atoms with Crippen LogP contribution in [0, 0.1) is 0 Å². The van der Waals surface area contributed by atoms with E-state index in [1.165, 1.54) is 15.6 Å². The van der Waals surface area contributed by atoms with Crippen LogP contribution in [0.25, 0.3) is 0 Å². The molecule has 32 heavy (non-hydrogen) atoms. The van der Waals surface area contributed by atoms with Crippen LogP contribution < -0.4 is 9.64 Å². The summed E-state index contributed by atoms with van der Waals surface area (Å²) in [5.74, 6) is 0.607. The number of thiazole rings is 1. The van der Waals surface area contributed by atoms with Gasteiger partial charge >= 0.3 is 0 Å². The summed E-state index contributed by atoms with van der Waals surface area (Å²) in [5.41, 5.74) is 0.638. The van der Waals surface area contributed by atoms with Gasteiger partial charge in [0.1, 0.15) is 5.75 Å². The van der Waals surface area contributed by atoms with Crippen molar-refractivity contribution >= 4 is 38.3 Å². The number of rotatable bonds is 7. The highest BCUT2D eigenvalue weighted by Gasteiger charge is 2.30. The van der Waals surface area contributed by atoms with Gasteiger partial charge in [0.05, 0.1) is 23.6 Å². The third-order valence-corrected chi connectivity index (χ3v) is 8.37. The topological polar surface area (TPSA) is 100 Å². The smallest absolute Gasteiger partial charge is 0.243 e. The van der Waals surface area contributed by atoms with Crippen LogP contribution in [0.3, 0.4) is 0 Å². The number of carbonyl (C=O) groups is 2. The molecule has 172 valence electrons. The summed E-state index contributed by atoms with van der Waals surface area (Å²) in [4.78, 5) is 32.6. The van der Waals surface area contributed by atoms with Crippen LogP contribution >= 0.6 is 11.3 Å². The summed E-state index contributed by atoms with van der Waals surface area (Å²) < 4.78 is 32.6. The minimum absolute atomic E-state index is 0.0714. The zero-order valence-electron chi connectivity index (χ0n) is 17.9. The monoisotopic (exact) mass is 478 g/mol. The summed E-state index contributed by atoms with van der Waals surface area (Å²) in [5, 5.41) is 2.45. The first kappa shape index (κ1) is 22.7. The molecule has 4 rings (SSSR count). The number of nitrogens with zero attached hydrogens (tertiary/aromatic N) is 4. The highest BCUT2D eigenvalue weighted by atomic mass is 32.2. The highest BCUT2D eigenvalue weighted by molar-refractivity contribution is 7.89. The molecular weight excluding hydrogens is 452 g/mol. The number of piperazine rings is 1. The number of sulfonamides is 1. The van der Waals surface area contributed by atoms with Gasteiger partial charge in [-0.1, -0.05) is 0 Å². The van der Waals surface area contributed by atoms with E-state index >= 15 is 0 Å². The summed E-state index contributed by atoms with van der Waals surface area (Å²) in [6.45, 7) is 4.20. The Morgan fingerprint density at radius 1 is 1.12 bits per heavy atom. The quantitative estimate of drug-likeness (QED) is 0.601. The predicted octanol–water partition coefficient (Wildman–Crippen LogP) is 1.74. The van der Waals surface area contributed by atoms with Crippen molar-refractivity contribution in [3.05, 3.63) is 35.3 Å². The van der Waals surface area contributed by atoms with E-state index in [-0.39, 0.29) is 36.2 Å². The second-order valence-electron chi connectivity index (χ2n) is 7.64. The van der Waals surface area contributed by atoms with Crippen molar-refractivity contribution in [1.29, 1.82) is 0 Å². The van der Waals surface area contributed by atoms with Crippen molar-refractivity contribution in [2.75, 3.05) is 44.2 Å². The van der Waals surface area contributed by atoms with E-state index in [1.807, 2.05) is 12.3 Å². The fourth-order valence-electron chi connectivity index (χ4n) is 3.82. The SMILES string of the molecule is CCOc1ccc(S(=O)(=O)N2CCN(C(=O)Cc3csc(N4CCCC4=O)n3)CC2)cc1. The molecule has 9 nitrogen and oxygen atoms in total. The van der Waals surface area contributed by atoms with Gasteiger partial charge in [0.15, 0.2) is 5.13 Å². The molecule has 1 aromatic heterocycles. The fraction of sp³-hybridized carbons (Fsp3) is 0.476. The third-order valence-electron chi connectivity index (χ3n) is 5.54. The molecule has 2 aromatic rings. The number of hydrogen-bond donors (Lipinski definition) is 0. The lowest BCUT2D eigenvalue weighted by atomic mass is 10.2. The van der Waals surface area contributed by atoms with Crippen LogP contribution in [0.15, 0.2) is 34.5 Å². The Bertz CT molecular complexity index is 1080. The van der Waals surface area contributed by atoms with Crippen LogP contribution in [0.4, 0.5) is 5.13 Å². The average Bonchev–Trinajstić information content (AvgIpc) is 3.43. The average molecular weight is 479 g/mol. The molecule has 0 spiro atoms. The maximum atomic E-state index is 12.9. The predicted molar refractivity (Wildman–Crippen MR) is 120 cm³/mol. The van der Waals surface area contributed by atoms with E-state index in [9.17, 15) is 18.0 Å². The second kappa shape index (κ2) is 9.55. The molecule has 0 unspecified atom stereocenters. The molecule has 2 aliphatic heterocycles. The van der Waals surface area contributed by atoms with Gasteiger partial charge in [-0.3, -0.25) is 14.5 Å². The molecule has 0 N–H and O–H groups in total. The van der Waals surface area contributed by atoms with Crippen LogP contribution in [0.5, 0.6) is 5.75 Å². The minimum Gasteiger partial charge on any atom is -0.494 e. The summed E-state index contributed by atoms with van der Waals surface area (Å²) in [6, 6.07) is 6.38. The van der Waals surface area contributed by atoms with Crippen molar-refractivity contribution < 1.29 is 22.7 Å². The molecule has 0 aliphatic carbocycles. The number of aromatic nitrogens is 1. The van der Waals surface area contributed by atoms with Crippen LogP contribution in [0.1, 0.15) is 25.5 Å². The van der Waals surface area contributed by atoms with E-state index in [4.69, 9.17) is 4.74 Å². The lowest BCUT2D eigenvalue weighted by Crippen LogP contribution is -2.50. The minimum atomic E-state index is -3.62. The van der Waals surface area contributed by atoms with Crippen molar-refractivity contribution in [2.45, 2.75) is 31.1 Å². The highest BCUT2D eigenvalue weighted by Crippen LogP contribution is 2.26. The first-order chi connectivity index (χ1) is 15.4. The third kappa shape index (κ3) is 4.79. The Hall–Kier alpha value is -2.50. The van der Waals surface area contributed by atoms with Gasteiger partial charge in [-0.05, 0) is 37.6 Å². The zero-order valence-corrected chi connectivity index (χ0v) is 19.5. The lowest BCUT2D eigenvalue weighted by Gasteiger charge is -2.34. The Labute approximate surface area is 191 Å². The Morgan fingerprint density at radius 3 is 2.47 bits per heavy atom. The normalized spacial score (nSPS) is 17.7.